The Kier molecular flexibility index (Phi) is 19.4. The molecule has 0 fully saturated rings. The minimum atomic E-state index is -4.66. The molecule has 6 heterocycles. The summed E-state index contributed by atoms with van der Waals surface area (Å²) in [6.45, 7) is 3.79. The molecule has 6 aromatic carbocycles. The number of rotatable bonds is 6. The predicted molar refractivity (Wildman–Crippen MR) is 268 cm³/mol. The Morgan fingerprint density at radius 2 is 0.829 bits per heavy atom. The zero-order valence-corrected chi connectivity index (χ0v) is 46.4. The van der Waals surface area contributed by atoms with Gasteiger partial charge >= 0.3 is 12.4 Å². The van der Waals surface area contributed by atoms with Crippen LogP contribution >= 0.6 is 0 Å². The molecule has 82 heavy (non-hydrogen) atoms. The first-order valence-corrected chi connectivity index (χ1v) is 23.0. The minimum Gasteiger partial charge on any atom is -0.573 e. The van der Waals surface area contributed by atoms with Gasteiger partial charge in [-0.05, 0) is 63.2 Å². The summed E-state index contributed by atoms with van der Waals surface area (Å²) in [5.74, 6) is -4.37. The molecule has 12 nitrogen and oxygen atoms in total. The Labute approximate surface area is 485 Å². The number of hydrogen-bond donors (Lipinski definition) is 0. The SMILES string of the molecule is CN1C=CN(c2[c-]cc(F)cc2)[CH-]1.CN1C=CN(c2[c-]cc(F)cc2)[CH-]1.Fc1c[c-]c(-c2nc(-c3cc(C(F)(F)F)n[n-]3)c3ccccc3n2)c(F)c1.Fc1c[c-]c(-c2nc(-c3cc(C(F)(F)F)n[n-]3)c3ccccc3n2)c(F)c1.[Ir].[Ir]. The molecule has 2 aliphatic rings. The first kappa shape index (κ1) is 61.2. The Balaban J connectivity index is 0.000000165. The molecular weight excluding hydrogens is 1450 g/mol. The van der Waals surface area contributed by atoms with Gasteiger partial charge in [-0.15, -0.1) is 72.0 Å². The molecule has 0 N–H and O–H groups in total. The molecule has 0 amide bonds. The first-order valence-electron chi connectivity index (χ1n) is 23.0. The van der Waals surface area contributed by atoms with Crippen LogP contribution in [0.5, 0.6) is 0 Å². The zero-order chi connectivity index (χ0) is 56.9. The van der Waals surface area contributed by atoms with Gasteiger partial charge in [0, 0.05) is 97.3 Å². The average Bonchev–Trinajstić information content (AvgIpc) is 4.43. The van der Waals surface area contributed by atoms with Gasteiger partial charge in [-0.1, -0.05) is 71.0 Å². The third-order valence-electron chi connectivity index (χ3n) is 11.1. The largest absolute Gasteiger partial charge is 0.573 e. The summed E-state index contributed by atoms with van der Waals surface area (Å²) in [6.07, 6.45) is -1.70. The number of benzene rings is 6. The van der Waals surface area contributed by atoms with Crippen LogP contribution in [0.25, 0.3) is 67.4 Å². The van der Waals surface area contributed by atoms with Crippen LogP contribution < -0.4 is 20.0 Å². The third-order valence-corrected chi connectivity index (χ3v) is 11.1. The molecule has 0 saturated carbocycles. The van der Waals surface area contributed by atoms with Crippen molar-refractivity contribution in [2.24, 2.45) is 0 Å². The van der Waals surface area contributed by atoms with Gasteiger partial charge < -0.3 is 40.0 Å². The third kappa shape index (κ3) is 14.7. The molecule has 0 saturated heterocycles. The number of halogens is 12. The van der Waals surface area contributed by atoms with E-state index < -0.39 is 47.0 Å². The van der Waals surface area contributed by atoms with Crippen LogP contribution in [0.15, 0.2) is 146 Å². The van der Waals surface area contributed by atoms with Gasteiger partial charge in [-0.3, -0.25) is 46.3 Å². The van der Waals surface area contributed by atoms with E-state index in [0.29, 0.717) is 33.9 Å². The molecule has 0 atom stereocenters. The van der Waals surface area contributed by atoms with Crippen LogP contribution in [-0.4, -0.2) is 54.0 Å². The minimum absolute atomic E-state index is 0. The number of anilines is 2. The summed E-state index contributed by atoms with van der Waals surface area (Å²) in [5, 5.41) is 14.2. The second-order valence-corrected chi connectivity index (χ2v) is 16.9. The summed E-state index contributed by atoms with van der Waals surface area (Å²) in [4.78, 5) is 24.3. The molecule has 0 aliphatic carbocycles. The van der Waals surface area contributed by atoms with Gasteiger partial charge in [-0.2, -0.15) is 51.8 Å². The van der Waals surface area contributed by atoms with Gasteiger partial charge in [0.1, 0.15) is 11.4 Å². The van der Waals surface area contributed by atoms with Crippen molar-refractivity contribution in [1.82, 2.24) is 50.1 Å². The number of aromatic nitrogens is 8. The Morgan fingerprint density at radius 3 is 1.15 bits per heavy atom. The second-order valence-electron chi connectivity index (χ2n) is 16.9. The van der Waals surface area contributed by atoms with Crippen molar-refractivity contribution < 1.29 is 92.9 Å². The van der Waals surface area contributed by atoms with Crippen LogP contribution in [-0.2, 0) is 52.6 Å². The summed E-state index contributed by atoms with van der Waals surface area (Å²) >= 11 is 0. The summed E-state index contributed by atoms with van der Waals surface area (Å²) in [5.41, 5.74) is -0.539. The maximum absolute atomic E-state index is 14.1. The molecule has 12 rings (SSSR count). The van der Waals surface area contributed by atoms with E-state index in [1.807, 2.05) is 71.8 Å². The van der Waals surface area contributed by atoms with Gasteiger partial charge in [-0.25, -0.2) is 0 Å². The number of para-hydroxylation sites is 2. The van der Waals surface area contributed by atoms with E-state index >= 15 is 0 Å². The second kappa shape index (κ2) is 26.0. The predicted octanol–water partition coefficient (Wildman–Crippen LogP) is 12.8. The standard InChI is InChI=1S/2C18H7F5N4.2C10H9FN2.2Ir/c2*19-9-5-6-10(12(20)7-9)17-24-13-4-2-1-3-11(13)16(25-17)14-8-15(27-26-14)18(21,22)23;2*1-12-6-7-13(8-12)10-4-2-9(11)3-5-10;;/h2*1-5,7-8H;2*2-4,6-8H,1H3;;/q4*-2;;. The molecule has 0 spiro atoms. The van der Waals surface area contributed by atoms with Crippen molar-refractivity contribution in [3.05, 3.63) is 230 Å². The smallest absolute Gasteiger partial charge is 0.431 e. The fraction of sp³-hybridized carbons (Fsp3) is 0.0714. The average molecular weight is 1490 g/mol. The van der Waals surface area contributed by atoms with Crippen molar-refractivity contribution in [3.63, 3.8) is 0 Å². The molecular formula is C56H32F12Ir2N12-8. The van der Waals surface area contributed by atoms with Crippen LogP contribution in [0.4, 0.5) is 64.1 Å². The molecule has 10 aromatic rings. The van der Waals surface area contributed by atoms with Crippen molar-refractivity contribution in [1.29, 1.82) is 0 Å². The van der Waals surface area contributed by atoms with E-state index in [2.05, 4.69) is 64.6 Å². The monoisotopic (exact) mass is 1490 g/mol. The van der Waals surface area contributed by atoms with E-state index in [1.165, 1.54) is 24.3 Å². The van der Waals surface area contributed by atoms with Crippen LogP contribution in [0, 0.1) is 72.5 Å². The number of nitrogens with zero attached hydrogens (tertiary/aromatic N) is 12. The number of fused-ring (bicyclic) bond motifs is 2. The van der Waals surface area contributed by atoms with E-state index in [9.17, 15) is 52.7 Å². The molecule has 2 radical (unpaired) electrons. The summed E-state index contributed by atoms with van der Waals surface area (Å²) < 4.78 is 157. The molecule has 426 valence electrons. The Bertz CT molecular complexity index is 3620. The van der Waals surface area contributed by atoms with E-state index in [1.54, 1.807) is 60.7 Å². The fourth-order valence-electron chi connectivity index (χ4n) is 7.40. The van der Waals surface area contributed by atoms with Crippen LogP contribution in [0.3, 0.4) is 0 Å². The van der Waals surface area contributed by atoms with Crippen molar-refractivity contribution in [2.45, 2.75) is 12.4 Å². The van der Waals surface area contributed by atoms with Crippen molar-refractivity contribution in [2.75, 3.05) is 23.9 Å². The van der Waals surface area contributed by atoms with E-state index in [4.69, 9.17) is 0 Å². The van der Waals surface area contributed by atoms with Crippen LogP contribution in [0.2, 0.25) is 0 Å². The van der Waals surface area contributed by atoms with Gasteiger partial charge in [0.05, 0.1) is 22.7 Å². The molecule has 4 aromatic heterocycles. The Morgan fingerprint density at radius 1 is 0.451 bits per heavy atom. The normalized spacial score (nSPS) is 12.8. The van der Waals surface area contributed by atoms with Gasteiger partial charge in [0.15, 0.2) is 0 Å². The summed E-state index contributed by atoms with van der Waals surface area (Å²) in [6, 6.07) is 37.0. The zero-order valence-electron chi connectivity index (χ0n) is 41.6. The van der Waals surface area contributed by atoms with Crippen LogP contribution in [0.1, 0.15) is 11.4 Å². The fourth-order valence-corrected chi connectivity index (χ4v) is 7.40. The molecule has 26 heteroatoms. The number of hydrogen-bond acceptors (Lipinski definition) is 10. The van der Waals surface area contributed by atoms with E-state index in [0.717, 1.165) is 35.6 Å². The molecule has 0 bridgehead atoms. The maximum Gasteiger partial charge on any atom is 0.431 e. The van der Waals surface area contributed by atoms with Gasteiger partial charge in [0.25, 0.3) is 0 Å². The van der Waals surface area contributed by atoms with Crippen molar-refractivity contribution >= 4 is 33.2 Å². The summed E-state index contributed by atoms with van der Waals surface area (Å²) in [7, 11) is 3.86. The number of alkyl halides is 6. The van der Waals surface area contributed by atoms with E-state index in [-0.39, 0.29) is 97.4 Å². The quantitative estimate of drug-likeness (QED) is 0.116. The maximum atomic E-state index is 14.1. The topological polar surface area (TPSA) is 119 Å². The molecule has 2 aliphatic heterocycles. The van der Waals surface area contributed by atoms with Gasteiger partial charge in [0.2, 0.25) is 0 Å². The first-order chi connectivity index (χ1) is 38.2. The van der Waals surface area contributed by atoms with Crippen molar-refractivity contribution in [3.8, 4) is 45.6 Å². The molecule has 0 unspecified atom stereocenters. The Hall–Kier alpha value is -8.44.